The fourth-order valence-corrected chi connectivity index (χ4v) is 2.82. The molecule has 0 aliphatic rings. The first-order chi connectivity index (χ1) is 10.1. The van der Waals surface area contributed by atoms with Crippen molar-refractivity contribution in [3.8, 4) is 10.6 Å². The second-order valence-electron chi connectivity index (χ2n) is 4.25. The Labute approximate surface area is 125 Å². The number of hydrogen-bond donors (Lipinski definition) is 0. The van der Waals surface area contributed by atoms with Crippen molar-refractivity contribution in [1.82, 2.24) is 4.98 Å². The smallest absolute Gasteiger partial charge is 0.342 e. The first kappa shape index (κ1) is 15.2. The predicted molar refractivity (Wildman–Crippen MR) is 79.2 cm³/mol. The molecule has 1 aromatic heterocycles. The third-order valence-electron chi connectivity index (χ3n) is 2.83. The molecule has 0 amide bonds. The number of nitrogens with zero attached hydrogens (tertiary/aromatic N) is 1. The molecular weight excluding hydrogens is 293 g/mol. The van der Waals surface area contributed by atoms with Gasteiger partial charge < -0.3 is 9.47 Å². The molecule has 110 valence electrons. The standard InChI is InChI=1S/C15H14FNO3S/c1-9-6-10(16)4-5-11(9)14-17-7-13(21-14)12(8-19-2)15(18)20-3/h4-8H,1-3H3. The van der Waals surface area contributed by atoms with Crippen LogP contribution in [0.5, 0.6) is 0 Å². The summed E-state index contributed by atoms with van der Waals surface area (Å²) < 4.78 is 22.8. The van der Waals surface area contributed by atoms with E-state index in [1.165, 1.54) is 44.0 Å². The number of hydrogen-bond acceptors (Lipinski definition) is 5. The Bertz CT molecular complexity index is 694. The molecule has 0 spiro atoms. The maximum Gasteiger partial charge on any atom is 0.342 e. The summed E-state index contributed by atoms with van der Waals surface area (Å²) in [4.78, 5) is 16.6. The zero-order chi connectivity index (χ0) is 15.4. The lowest BCUT2D eigenvalue weighted by Gasteiger charge is -2.02. The maximum absolute atomic E-state index is 13.1. The van der Waals surface area contributed by atoms with Crippen LogP contribution >= 0.6 is 11.3 Å². The zero-order valence-corrected chi connectivity index (χ0v) is 12.7. The number of benzene rings is 1. The summed E-state index contributed by atoms with van der Waals surface area (Å²) in [6.45, 7) is 1.81. The summed E-state index contributed by atoms with van der Waals surface area (Å²) in [6, 6.07) is 4.50. The van der Waals surface area contributed by atoms with Gasteiger partial charge in [0.25, 0.3) is 0 Å². The Hall–Kier alpha value is -2.21. The summed E-state index contributed by atoms with van der Waals surface area (Å²) in [7, 11) is 2.76. The fraction of sp³-hybridized carbons (Fsp3) is 0.200. The quantitative estimate of drug-likeness (QED) is 0.493. The van der Waals surface area contributed by atoms with Gasteiger partial charge in [0, 0.05) is 11.8 Å². The van der Waals surface area contributed by atoms with Crippen molar-refractivity contribution < 1.29 is 18.7 Å². The minimum absolute atomic E-state index is 0.289. The van der Waals surface area contributed by atoms with Crippen LogP contribution in [-0.4, -0.2) is 25.2 Å². The summed E-state index contributed by atoms with van der Waals surface area (Å²) in [6.07, 6.45) is 2.89. The second kappa shape index (κ2) is 6.49. The van der Waals surface area contributed by atoms with Gasteiger partial charge in [0.2, 0.25) is 0 Å². The van der Waals surface area contributed by atoms with Crippen LogP contribution in [0.15, 0.2) is 30.7 Å². The van der Waals surface area contributed by atoms with Gasteiger partial charge in [-0.2, -0.15) is 0 Å². The van der Waals surface area contributed by atoms with Gasteiger partial charge in [0.15, 0.2) is 0 Å². The SMILES string of the molecule is COC=C(C(=O)OC)c1cnc(-c2ccc(F)cc2C)s1. The van der Waals surface area contributed by atoms with Gasteiger partial charge in [-0.25, -0.2) is 14.2 Å². The Kier molecular flexibility index (Phi) is 4.70. The molecular formula is C15H14FNO3S. The van der Waals surface area contributed by atoms with Crippen molar-refractivity contribution >= 4 is 22.9 Å². The number of aromatic nitrogens is 1. The van der Waals surface area contributed by atoms with Gasteiger partial charge in [-0.1, -0.05) is 0 Å². The zero-order valence-electron chi connectivity index (χ0n) is 11.8. The first-order valence-electron chi connectivity index (χ1n) is 6.10. The van der Waals surface area contributed by atoms with Crippen molar-refractivity contribution in [2.24, 2.45) is 0 Å². The average molecular weight is 307 g/mol. The number of rotatable bonds is 4. The number of ether oxygens (including phenoxy) is 2. The molecule has 1 heterocycles. The molecule has 0 saturated carbocycles. The largest absolute Gasteiger partial charge is 0.503 e. The van der Waals surface area contributed by atoms with Gasteiger partial charge in [-0.15, -0.1) is 11.3 Å². The van der Waals surface area contributed by atoms with E-state index in [0.717, 1.165) is 11.1 Å². The van der Waals surface area contributed by atoms with E-state index in [1.54, 1.807) is 12.3 Å². The molecule has 0 aliphatic carbocycles. The van der Waals surface area contributed by atoms with Crippen LogP contribution < -0.4 is 0 Å². The van der Waals surface area contributed by atoms with E-state index < -0.39 is 5.97 Å². The highest BCUT2D eigenvalue weighted by Gasteiger charge is 2.17. The molecule has 2 aromatic rings. The van der Waals surface area contributed by atoms with E-state index in [1.807, 2.05) is 6.92 Å². The van der Waals surface area contributed by atoms with Crippen molar-refractivity contribution in [2.75, 3.05) is 14.2 Å². The van der Waals surface area contributed by atoms with Crippen LogP contribution in [0.1, 0.15) is 10.4 Å². The molecule has 0 saturated heterocycles. The molecule has 0 aliphatic heterocycles. The summed E-state index contributed by atoms with van der Waals surface area (Å²) in [5, 5.41) is 0.702. The highest BCUT2D eigenvalue weighted by molar-refractivity contribution is 7.16. The lowest BCUT2D eigenvalue weighted by atomic mass is 10.1. The topological polar surface area (TPSA) is 48.4 Å². The molecule has 1 aromatic carbocycles. The van der Waals surface area contributed by atoms with Crippen molar-refractivity contribution in [3.05, 3.63) is 46.9 Å². The predicted octanol–water partition coefficient (Wildman–Crippen LogP) is 3.42. The number of thiazole rings is 1. The molecule has 0 N–H and O–H groups in total. The summed E-state index contributed by atoms with van der Waals surface area (Å²) >= 11 is 1.32. The van der Waals surface area contributed by atoms with Crippen LogP contribution in [0, 0.1) is 12.7 Å². The molecule has 2 rings (SSSR count). The van der Waals surface area contributed by atoms with Crippen LogP contribution in [0.2, 0.25) is 0 Å². The van der Waals surface area contributed by atoms with Crippen LogP contribution in [-0.2, 0) is 14.3 Å². The number of aryl methyl sites for hydroxylation is 1. The molecule has 0 unspecified atom stereocenters. The fourth-order valence-electron chi connectivity index (χ4n) is 1.82. The number of halogens is 1. The van der Waals surface area contributed by atoms with Gasteiger partial charge in [0.1, 0.15) is 16.4 Å². The molecule has 0 bridgehead atoms. The van der Waals surface area contributed by atoms with Gasteiger partial charge >= 0.3 is 5.97 Å². The second-order valence-corrected chi connectivity index (χ2v) is 5.28. The van der Waals surface area contributed by atoms with Gasteiger partial charge in [-0.3, -0.25) is 0 Å². The van der Waals surface area contributed by atoms with Crippen molar-refractivity contribution in [3.63, 3.8) is 0 Å². The van der Waals surface area contributed by atoms with Crippen LogP contribution in [0.4, 0.5) is 4.39 Å². The van der Waals surface area contributed by atoms with Crippen molar-refractivity contribution in [1.29, 1.82) is 0 Å². The highest BCUT2D eigenvalue weighted by Crippen LogP contribution is 2.32. The number of esters is 1. The van der Waals surface area contributed by atoms with Gasteiger partial charge in [0.05, 0.1) is 25.4 Å². The summed E-state index contributed by atoms with van der Waals surface area (Å²) in [5.74, 6) is -0.787. The molecule has 0 radical (unpaired) electrons. The molecule has 6 heteroatoms. The number of carbonyl (C=O) groups is 1. The Morgan fingerprint density at radius 3 is 2.76 bits per heavy atom. The van der Waals surface area contributed by atoms with E-state index in [2.05, 4.69) is 4.98 Å². The lowest BCUT2D eigenvalue weighted by molar-refractivity contribution is -0.133. The van der Waals surface area contributed by atoms with E-state index in [0.29, 0.717) is 15.5 Å². The normalized spacial score (nSPS) is 11.3. The van der Waals surface area contributed by atoms with E-state index >= 15 is 0 Å². The third kappa shape index (κ3) is 3.28. The Morgan fingerprint density at radius 2 is 2.14 bits per heavy atom. The van der Waals surface area contributed by atoms with Crippen LogP contribution in [0.25, 0.3) is 16.1 Å². The van der Waals surface area contributed by atoms with Crippen molar-refractivity contribution in [2.45, 2.75) is 6.92 Å². The lowest BCUT2D eigenvalue weighted by Crippen LogP contribution is -2.02. The first-order valence-corrected chi connectivity index (χ1v) is 6.92. The minimum Gasteiger partial charge on any atom is -0.503 e. The van der Waals surface area contributed by atoms with E-state index in [4.69, 9.17) is 9.47 Å². The Morgan fingerprint density at radius 1 is 1.38 bits per heavy atom. The molecule has 0 fully saturated rings. The minimum atomic E-state index is -0.497. The van der Waals surface area contributed by atoms with Gasteiger partial charge in [-0.05, 0) is 30.7 Å². The maximum atomic E-state index is 13.1. The average Bonchev–Trinajstić information content (AvgIpc) is 2.93. The number of methoxy groups -OCH3 is 2. The monoisotopic (exact) mass is 307 g/mol. The third-order valence-corrected chi connectivity index (χ3v) is 3.89. The molecule has 4 nitrogen and oxygen atoms in total. The molecule has 0 atom stereocenters. The van der Waals surface area contributed by atoms with E-state index in [-0.39, 0.29) is 5.82 Å². The molecule has 21 heavy (non-hydrogen) atoms. The van der Waals surface area contributed by atoms with Crippen LogP contribution in [0.3, 0.4) is 0 Å². The van der Waals surface area contributed by atoms with E-state index in [9.17, 15) is 9.18 Å². The number of carbonyl (C=O) groups excluding carboxylic acids is 1. The Balaban J connectivity index is 2.41. The highest BCUT2D eigenvalue weighted by atomic mass is 32.1. The summed E-state index contributed by atoms with van der Waals surface area (Å²) in [5.41, 5.74) is 1.91.